The maximum absolute atomic E-state index is 13.7. The molecule has 0 radical (unpaired) electrons. The average molecular weight is 452 g/mol. The summed E-state index contributed by atoms with van der Waals surface area (Å²) in [5.74, 6) is -1.29. The minimum absolute atomic E-state index is 0.00505. The van der Waals surface area contributed by atoms with Crippen LogP contribution in [0.4, 0.5) is 17.6 Å². The van der Waals surface area contributed by atoms with Crippen LogP contribution in [0, 0.1) is 12.7 Å². The molecule has 3 N–H and O–H groups in total. The van der Waals surface area contributed by atoms with Crippen LogP contribution in [0.25, 0.3) is 5.82 Å². The molecule has 32 heavy (non-hydrogen) atoms. The minimum atomic E-state index is -4.67. The van der Waals surface area contributed by atoms with Crippen molar-refractivity contribution in [1.82, 2.24) is 20.1 Å². The molecule has 0 fully saturated rings. The summed E-state index contributed by atoms with van der Waals surface area (Å²) in [5.41, 5.74) is 0.178. The van der Waals surface area contributed by atoms with Crippen LogP contribution < -0.4 is 5.32 Å². The van der Waals surface area contributed by atoms with Gasteiger partial charge in [0.1, 0.15) is 5.82 Å². The van der Waals surface area contributed by atoms with E-state index in [2.05, 4.69) is 15.4 Å². The molecule has 0 atom stereocenters. The van der Waals surface area contributed by atoms with Gasteiger partial charge < -0.3 is 15.5 Å². The van der Waals surface area contributed by atoms with Gasteiger partial charge in [0, 0.05) is 12.7 Å². The molecule has 170 valence electrons. The molecule has 7 nitrogen and oxygen atoms in total. The fourth-order valence-electron chi connectivity index (χ4n) is 3.30. The summed E-state index contributed by atoms with van der Waals surface area (Å²) in [4.78, 5) is 16.5. The lowest BCUT2D eigenvalue weighted by atomic mass is 10.0. The molecule has 3 rings (SSSR count). The topological polar surface area (TPSA) is 100 Å². The first-order chi connectivity index (χ1) is 15.1. The third-order valence-corrected chi connectivity index (χ3v) is 4.65. The Morgan fingerprint density at radius 3 is 2.56 bits per heavy atom. The van der Waals surface area contributed by atoms with Crippen molar-refractivity contribution in [2.45, 2.75) is 26.1 Å². The van der Waals surface area contributed by atoms with E-state index in [1.807, 2.05) is 0 Å². The van der Waals surface area contributed by atoms with E-state index in [-0.39, 0.29) is 42.2 Å². The fourth-order valence-corrected chi connectivity index (χ4v) is 3.30. The van der Waals surface area contributed by atoms with E-state index in [0.717, 1.165) is 12.1 Å². The van der Waals surface area contributed by atoms with Crippen LogP contribution in [0.2, 0.25) is 0 Å². The minimum Gasteiger partial charge on any atom is -0.395 e. The number of carbonyl (C=O) groups excluding carboxylic acids is 1. The highest BCUT2D eigenvalue weighted by atomic mass is 19.4. The van der Waals surface area contributed by atoms with Crippen molar-refractivity contribution in [3.05, 3.63) is 76.0 Å². The van der Waals surface area contributed by atoms with E-state index in [0.29, 0.717) is 17.3 Å². The zero-order valence-corrected chi connectivity index (χ0v) is 16.9. The molecule has 11 heteroatoms. The molecular formula is C21H20F4N4O3. The van der Waals surface area contributed by atoms with Crippen molar-refractivity contribution >= 4 is 5.91 Å². The van der Waals surface area contributed by atoms with E-state index < -0.39 is 30.1 Å². The number of carbonyl (C=O) groups is 1. The molecule has 0 aliphatic carbocycles. The average Bonchev–Trinajstić information content (AvgIpc) is 3.07. The van der Waals surface area contributed by atoms with E-state index in [1.54, 1.807) is 13.0 Å². The van der Waals surface area contributed by atoms with Gasteiger partial charge in [-0.15, -0.1) is 0 Å². The smallest absolute Gasteiger partial charge is 0.395 e. The number of alkyl halides is 3. The second-order valence-electron chi connectivity index (χ2n) is 7.00. The number of aliphatic hydroxyl groups excluding tert-OH is 2. The Hall–Kier alpha value is -3.31. The number of rotatable bonds is 7. The summed E-state index contributed by atoms with van der Waals surface area (Å²) in [6.45, 7) is 0.801. The van der Waals surface area contributed by atoms with E-state index in [4.69, 9.17) is 5.11 Å². The van der Waals surface area contributed by atoms with Crippen molar-refractivity contribution in [3.8, 4) is 5.82 Å². The number of halogens is 4. The van der Waals surface area contributed by atoms with Crippen LogP contribution in [0.15, 0.2) is 36.5 Å². The number of benzene rings is 1. The van der Waals surface area contributed by atoms with Gasteiger partial charge in [0.15, 0.2) is 5.82 Å². The molecule has 2 heterocycles. The highest BCUT2D eigenvalue weighted by molar-refractivity contribution is 5.96. The zero-order chi connectivity index (χ0) is 23.5. The van der Waals surface area contributed by atoms with Gasteiger partial charge in [0.25, 0.3) is 5.91 Å². The summed E-state index contributed by atoms with van der Waals surface area (Å²) in [6, 6.07) is 5.43. The number of pyridine rings is 1. The summed E-state index contributed by atoms with van der Waals surface area (Å²) >= 11 is 0. The second-order valence-corrected chi connectivity index (χ2v) is 7.00. The molecule has 1 amide bonds. The molecule has 3 aromatic rings. The monoisotopic (exact) mass is 452 g/mol. The quantitative estimate of drug-likeness (QED) is 0.479. The number of amides is 1. The van der Waals surface area contributed by atoms with Crippen molar-refractivity contribution in [2.75, 3.05) is 13.2 Å². The lowest BCUT2D eigenvalue weighted by molar-refractivity contribution is -0.137. The van der Waals surface area contributed by atoms with Crippen molar-refractivity contribution in [1.29, 1.82) is 0 Å². The van der Waals surface area contributed by atoms with Crippen LogP contribution in [-0.2, 0) is 19.2 Å². The molecule has 1 aromatic carbocycles. The largest absolute Gasteiger partial charge is 0.416 e. The van der Waals surface area contributed by atoms with Crippen molar-refractivity contribution in [3.63, 3.8) is 0 Å². The Bertz CT molecular complexity index is 1130. The number of hydrogen-bond donors (Lipinski definition) is 3. The van der Waals surface area contributed by atoms with Gasteiger partial charge in [-0.1, -0.05) is 0 Å². The standard InChI is InChI=1S/C21H20F4N4O3/c1-12-19(20(32)27-4-5-30)17(11-31)29(28-12)18-9-13(2-3-26-18)6-14-7-15(21(23,24)25)10-16(22)8-14/h2-3,7-10,30-31H,4-6,11H2,1H3,(H,27,32). The lowest BCUT2D eigenvalue weighted by Gasteiger charge is -2.11. The predicted molar refractivity (Wildman–Crippen MR) is 106 cm³/mol. The number of hydrogen-bond acceptors (Lipinski definition) is 5. The Kier molecular flexibility index (Phi) is 6.90. The zero-order valence-electron chi connectivity index (χ0n) is 16.9. The summed E-state index contributed by atoms with van der Waals surface area (Å²) in [6.07, 6.45) is -3.27. The SMILES string of the molecule is Cc1nn(-c2cc(Cc3cc(F)cc(C(F)(F)F)c3)ccn2)c(CO)c1C(=O)NCCO. The summed E-state index contributed by atoms with van der Waals surface area (Å²) in [5, 5.41) is 25.5. The van der Waals surface area contributed by atoms with Gasteiger partial charge in [0.05, 0.1) is 35.7 Å². The Morgan fingerprint density at radius 1 is 1.16 bits per heavy atom. The first kappa shape index (κ1) is 23.4. The third kappa shape index (κ3) is 5.11. The second kappa shape index (κ2) is 9.45. The molecule has 0 aliphatic rings. The highest BCUT2D eigenvalue weighted by Crippen LogP contribution is 2.31. The fraction of sp³-hybridized carbons (Fsp3) is 0.286. The molecule has 0 saturated carbocycles. The van der Waals surface area contributed by atoms with E-state index in [1.165, 1.54) is 16.9 Å². The van der Waals surface area contributed by atoms with Gasteiger partial charge in [-0.25, -0.2) is 14.1 Å². The highest BCUT2D eigenvalue weighted by Gasteiger charge is 2.31. The molecule has 0 aliphatic heterocycles. The third-order valence-electron chi connectivity index (χ3n) is 4.65. The normalized spacial score (nSPS) is 11.6. The van der Waals surface area contributed by atoms with Crippen LogP contribution in [0.1, 0.15) is 38.4 Å². The van der Waals surface area contributed by atoms with E-state index in [9.17, 15) is 27.5 Å². The summed E-state index contributed by atoms with van der Waals surface area (Å²) in [7, 11) is 0. The number of nitrogens with one attached hydrogen (secondary N) is 1. The first-order valence-corrected chi connectivity index (χ1v) is 9.54. The molecule has 0 bridgehead atoms. The van der Waals surface area contributed by atoms with Gasteiger partial charge in [0.2, 0.25) is 0 Å². The lowest BCUT2D eigenvalue weighted by Crippen LogP contribution is -2.27. The predicted octanol–water partition coefficient (Wildman–Crippen LogP) is 2.54. The summed E-state index contributed by atoms with van der Waals surface area (Å²) < 4.78 is 53.9. The van der Waals surface area contributed by atoms with Gasteiger partial charge >= 0.3 is 6.18 Å². The number of nitrogens with zero attached hydrogens (tertiary/aromatic N) is 3. The number of aromatic nitrogens is 3. The maximum Gasteiger partial charge on any atom is 0.416 e. The van der Waals surface area contributed by atoms with Crippen molar-refractivity contribution < 1.29 is 32.6 Å². The van der Waals surface area contributed by atoms with Crippen LogP contribution in [0.3, 0.4) is 0 Å². The Morgan fingerprint density at radius 2 is 1.91 bits per heavy atom. The van der Waals surface area contributed by atoms with Crippen LogP contribution in [-0.4, -0.2) is 44.0 Å². The number of aryl methyl sites for hydroxylation is 1. The van der Waals surface area contributed by atoms with E-state index >= 15 is 0 Å². The molecule has 0 unspecified atom stereocenters. The Balaban J connectivity index is 1.95. The van der Waals surface area contributed by atoms with Crippen LogP contribution >= 0.6 is 0 Å². The van der Waals surface area contributed by atoms with Crippen molar-refractivity contribution in [2.24, 2.45) is 0 Å². The van der Waals surface area contributed by atoms with Crippen LogP contribution in [0.5, 0.6) is 0 Å². The van der Waals surface area contributed by atoms with Gasteiger partial charge in [-0.05, 0) is 54.8 Å². The molecular weight excluding hydrogens is 432 g/mol. The van der Waals surface area contributed by atoms with Gasteiger partial charge in [-0.2, -0.15) is 18.3 Å². The molecule has 2 aromatic heterocycles. The maximum atomic E-state index is 13.7. The molecule has 0 saturated heterocycles. The number of aliphatic hydroxyl groups is 2. The van der Waals surface area contributed by atoms with Gasteiger partial charge in [-0.3, -0.25) is 4.79 Å². The molecule has 0 spiro atoms. The Labute approximate surface area is 180 Å². The first-order valence-electron chi connectivity index (χ1n) is 9.54.